The van der Waals surface area contributed by atoms with Crippen molar-refractivity contribution in [1.29, 1.82) is 0 Å². The maximum Gasteiger partial charge on any atom is 0.197 e. The van der Waals surface area contributed by atoms with Crippen LogP contribution in [0.2, 0.25) is 0 Å². The second-order valence-electron chi connectivity index (χ2n) is 4.86. The highest BCUT2D eigenvalue weighted by Gasteiger charge is 2.15. The molecule has 0 spiro atoms. The Kier molecular flexibility index (Phi) is 3.76. The van der Waals surface area contributed by atoms with Gasteiger partial charge in [0.25, 0.3) is 0 Å². The molecule has 4 heteroatoms. The zero-order chi connectivity index (χ0) is 14.1. The van der Waals surface area contributed by atoms with Crippen LogP contribution < -0.4 is 5.73 Å². The first kappa shape index (κ1) is 13.6. The summed E-state index contributed by atoms with van der Waals surface area (Å²) in [4.78, 5) is 4.48. The molecular weight excluding hydrogens is 363 g/mol. The Morgan fingerprint density at radius 2 is 2.00 bits per heavy atom. The van der Waals surface area contributed by atoms with E-state index in [0.717, 1.165) is 16.7 Å². The lowest BCUT2D eigenvalue weighted by molar-refractivity contribution is 0.502. The van der Waals surface area contributed by atoms with Gasteiger partial charge < -0.3 is 10.2 Å². The Hall–Kier alpha value is -1.40. The third-order valence-electron chi connectivity index (χ3n) is 3.35. The first-order chi connectivity index (χ1) is 9.65. The van der Waals surface area contributed by atoms with E-state index in [-0.39, 0.29) is 6.04 Å². The Morgan fingerprint density at radius 3 is 2.80 bits per heavy atom. The number of nitrogens with zero attached hydrogens (tertiary/aromatic N) is 1. The van der Waals surface area contributed by atoms with Crippen molar-refractivity contribution in [3.8, 4) is 0 Å². The summed E-state index contributed by atoms with van der Waals surface area (Å²) in [6, 6.07) is 13.9. The van der Waals surface area contributed by atoms with E-state index < -0.39 is 0 Å². The number of aromatic nitrogens is 1. The van der Waals surface area contributed by atoms with Crippen LogP contribution in [-0.2, 0) is 6.42 Å². The van der Waals surface area contributed by atoms with Gasteiger partial charge in [0.15, 0.2) is 11.5 Å². The van der Waals surface area contributed by atoms with Crippen LogP contribution in [0.4, 0.5) is 0 Å². The minimum Gasteiger partial charge on any atom is -0.441 e. The van der Waals surface area contributed by atoms with Gasteiger partial charge in [-0.05, 0) is 52.8 Å². The zero-order valence-corrected chi connectivity index (χ0v) is 13.3. The molecule has 20 heavy (non-hydrogen) atoms. The highest BCUT2D eigenvalue weighted by Crippen LogP contribution is 2.25. The molecule has 0 fully saturated rings. The quantitative estimate of drug-likeness (QED) is 0.702. The summed E-state index contributed by atoms with van der Waals surface area (Å²) in [5, 5.41) is 0. The predicted molar refractivity (Wildman–Crippen MR) is 88.5 cm³/mol. The highest BCUT2D eigenvalue weighted by atomic mass is 127. The van der Waals surface area contributed by atoms with E-state index in [2.05, 4.69) is 46.6 Å². The van der Waals surface area contributed by atoms with E-state index in [9.17, 15) is 0 Å². The van der Waals surface area contributed by atoms with Crippen LogP contribution in [0.1, 0.15) is 23.1 Å². The van der Waals surface area contributed by atoms with Crippen molar-refractivity contribution < 1.29 is 4.42 Å². The average molecular weight is 378 g/mol. The molecule has 0 saturated carbocycles. The van der Waals surface area contributed by atoms with Gasteiger partial charge in [-0.15, -0.1) is 0 Å². The van der Waals surface area contributed by atoms with Crippen molar-refractivity contribution in [2.45, 2.75) is 19.4 Å². The Morgan fingerprint density at radius 1 is 1.20 bits per heavy atom. The molecular formula is C16H15IN2O. The molecule has 1 aromatic heterocycles. The minimum absolute atomic E-state index is 0.102. The molecule has 0 amide bonds. The van der Waals surface area contributed by atoms with Crippen LogP contribution in [0.25, 0.3) is 11.1 Å². The van der Waals surface area contributed by atoms with E-state index in [1.807, 2.05) is 30.3 Å². The van der Waals surface area contributed by atoms with Gasteiger partial charge in [-0.2, -0.15) is 0 Å². The van der Waals surface area contributed by atoms with Crippen LogP contribution in [0, 0.1) is 10.5 Å². The Balaban J connectivity index is 1.88. The molecule has 102 valence electrons. The lowest BCUT2D eigenvalue weighted by atomic mass is 10.0. The number of fused-ring (bicyclic) bond motifs is 1. The van der Waals surface area contributed by atoms with Gasteiger partial charge in [0.1, 0.15) is 5.52 Å². The average Bonchev–Trinajstić information content (AvgIpc) is 2.83. The number of para-hydroxylation sites is 2. The molecule has 3 aromatic rings. The summed E-state index contributed by atoms with van der Waals surface area (Å²) in [6.45, 7) is 2.09. The number of oxazole rings is 1. The van der Waals surface area contributed by atoms with Crippen LogP contribution in [-0.4, -0.2) is 4.98 Å². The first-order valence-electron chi connectivity index (χ1n) is 6.50. The molecule has 3 rings (SSSR count). The molecule has 3 nitrogen and oxygen atoms in total. The van der Waals surface area contributed by atoms with Crippen molar-refractivity contribution in [3.05, 3.63) is 63.1 Å². The number of rotatable bonds is 3. The van der Waals surface area contributed by atoms with Gasteiger partial charge in [0.2, 0.25) is 0 Å². The van der Waals surface area contributed by atoms with E-state index in [1.165, 1.54) is 9.13 Å². The first-order valence-corrected chi connectivity index (χ1v) is 7.58. The Labute approximate surface area is 131 Å². The molecule has 0 aliphatic heterocycles. The van der Waals surface area contributed by atoms with E-state index in [1.54, 1.807) is 0 Å². The van der Waals surface area contributed by atoms with Crippen molar-refractivity contribution in [3.63, 3.8) is 0 Å². The number of aryl methyl sites for hydroxylation is 1. The van der Waals surface area contributed by atoms with Gasteiger partial charge >= 0.3 is 0 Å². The number of nitrogens with two attached hydrogens (primary N) is 1. The van der Waals surface area contributed by atoms with Crippen molar-refractivity contribution in [2.24, 2.45) is 5.73 Å². The van der Waals surface area contributed by atoms with Gasteiger partial charge in [-0.1, -0.05) is 30.3 Å². The van der Waals surface area contributed by atoms with Crippen LogP contribution in [0.5, 0.6) is 0 Å². The second kappa shape index (κ2) is 5.54. The highest BCUT2D eigenvalue weighted by molar-refractivity contribution is 14.1. The normalized spacial score (nSPS) is 12.8. The summed E-state index contributed by atoms with van der Waals surface area (Å²) in [5.74, 6) is 0.691. The summed E-state index contributed by atoms with van der Waals surface area (Å²) < 4.78 is 6.95. The summed E-state index contributed by atoms with van der Waals surface area (Å²) in [5.41, 5.74) is 10.4. The minimum atomic E-state index is -0.102. The number of hydrogen-bond acceptors (Lipinski definition) is 3. The standard InChI is InChI=1S/C16H15IN2O/c1-10-5-4-6-11(16(10)17)12(18)9-15-19-13-7-2-3-8-14(13)20-15/h2-8,12H,9,18H2,1H3. The topological polar surface area (TPSA) is 52.0 Å². The molecule has 0 radical (unpaired) electrons. The lowest BCUT2D eigenvalue weighted by Crippen LogP contribution is -2.15. The summed E-state index contributed by atoms with van der Waals surface area (Å²) in [6.07, 6.45) is 0.605. The number of hydrogen-bond donors (Lipinski definition) is 1. The number of halogens is 1. The third kappa shape index (κ3) is 2.58. The van der Waals surface area contributed by atoms with E-state index in [4.69, 9.17) is 10.2 Å². The van der Waals surface area contributed by atoms with Gasteiger partial charge in [-0.3, -0.25) is 0 Å². The molecule has 0 aliphatic carbocycles. The largest absolute Gasteiger partial charge is 0.441 e. The van der Waals surface area contributed by atoms with Crippen molar-refractivity contribution in [1.82, 2.24) is 4.98 Å². The van der Waals surface area contributed by atoms with Gasteiger partial charge in [-0.25, -0.2) is 4.98 Å². The van der Waals surface area contributed by atoms with Crippen LogP contribution in [0.15, 0.2) is 46.9 Å². The smallest absolute Gasteiger partial charge is 0.197 e. The fraction of sp³-hybridized carbons (Fsp3) is 0.188. The molecule has 2 N–H and O–H groups in total. The Bertz CT molecular complexity index is 718. The molecule has 1 heterocycles. The predicted octanol–water partition coefficient (Wildman–Crippen LogP) is 3.98. The van der Waals surface area contributed by atoms with E-state index in [0.29, 0.717) is 12.3 Å². The van der Waals surface area contributed by atoms with Gasteiger partial charge in [0.05, 0.1) is 0 Å². The summed E-state index contributed by atoms with van der Waals surface area (Å²) in [7, 11) is 0. The van der Waals surface area contributed by atoms with Crippen molar-refractivity contribution >= 4 is 33.7 Å². The molecule has 0 aliphatic rings. The molecule has 1 atom stereocenters. The molecule has 0 saturated heterocycles. The third-order valence-corrected chi connectivity index (χ3v) is 4.83. The molecule has 2 aromatic carbocycles. The SMILES string of the molecule is Cc1cccc(C(N)Cc2nc3ccccc3o2)c1I. The molecule has 0 bridgehead atoms. The fourth-order valence-corrected chi connectivity index (χ4v) is 3.02. The number of benzene rings is 2. The zero-order valence-electron chi connectivity index (χ0n) is 11.1. The van der Waals surface area contributed by atoms with E-state index >= 15 is 0 Å². The van der Waals surface area contributed by atoms with Gasteiger partial charge in [0, 0.05) is 16.0 Å². The van der Waals surface area contributed by atoms with Crippen LogP contribution >= 0.6 is 22.6 Å². The molecule has 1 unspecified atom stereocenters. The lowest BCUT2D eigenvalue weighted by Gasteiger charge is -2.13. The summed E-state index contributed by atoms with van der Waals surface area (Å²) >= 11 is 2.35. The maximum absolute atomic E-state index is 6.31. The monoisotopic (exact) mass is 378 g/mol. The van der Waals surface area contributed by atoms with Crippen molar-refractivity contribution in [2.75, 3.05) is 0 Å². The van der Waals surface area contributed by atoms with Crippen LogP contribution in [0.3, 0.4) is 0 Å². The maximum atomic E-state index is 6.31. The second-order valence-corrected chi connectivity index (χ2v) is 5.94. The fourth-order valence-electron chi connectivity index (χ4n) is 2.26.